The Morgan fingerprint density at radius 1 is 0.800 bits per heavy atom. The molecule has 0 bridgehead atoms. The zero-order valence-electron chi connectivity index (χ0n) is 13.1. The molecule has 0 radical (unpaired) electrons. The van der Waals surface area contributed by atoms with Crippen molar-refractivity contribution in [2.45, 2.75) is 90.3 Å². The van der Waals surface area contributed by atoms with E-state index < -0.39 is 12.2 Å². The Kier molecular flexibility index (Phi) is 14.3. The van der Waals surface area contributed by atoms with E-state index in [9.17, 15) is 4.79 Å². The van der Waals surface area contributed by atoms with Gasteiger partial charge in [0.1, 0.15) is 0 Å². The van der Waals surface area contributed by atoms with Crippen molar-refractivity contribution in [3.8, 4) is 0 Å². The van der Waals surface area contributed by atoms with Crippen LogP contribution in [0.15, 0.2) is 0 Å². The van der Waals surface area contributed by atoms with E-state index >= 15 is 0 Å². The third kappa shape index (κ3) is 13.8. The number of aliphatic hydroxyl groups is 2. The second-order valence-corrected chi connectivity index (χ2v) is 5.55. The molecule has 3 N–H and O–H groups in total. The molecule has 0 aliphatic rings. The van der Waals surface area contributed by atoms with E-state index in [1.165, 1.54) is 64.2 Å². The summed E-state index contributed by atoms with van der Waals surface area (Å²) in [5.74, 6) is -0.701. The summed E-state index contributed by atoms with van der Waals surface area (Å²) in [6.07, 6.45) is 13.5. The maximum Gasteiger partial charge on any atom is 0.276 e. The quantitative estimate of drug-likeness (QED) is 0.339. The molecule has 0 saturated carbocycles. The van der Waals surface area contributed by atoms with Crippen LogP contribution >= 0.6 is 0 Å². The van der Waals surface area contributed by atoms with Gasteiger partial charge in [-0.05, 0) is 6.42 Å². The average molecular weight is 287 g/mol. The van der Waals surface area contributed by atoms with Crippen LogP contribution < -0.4 is 5.32 Å². The van der Waals surface area contributed by atoms with Gasteiger partial charge in [-0.3, -0.25) is 4.79 Å². The van der Waals surface area contributed by atoms with Crippen LogP contribution in [0.1, 0.15) is 84.0 Å². The molecule has 0 aliphatic heterocycles. The number of hydrogen-bond donors (Lipinski definition) is 3. The van der Waals surface area contributed by atoms with E-state index in [4.69, 9.17) is 10.2 Å². The monoisotopic (exact) mass is 287 g/mol. The number of amides is 1. The molecule has 0 rings (SSSR count). The highest BCUT2D eigenvalue weighted by atomic mass is 16.5. The Labute approximate surface area is 124 Å². The molecular formula is C16H33NO3. The number of carbonyl (C=O) groups excluding carboxylic acids is 1. The van der Waals surface area contributed by atoms with Crippen molar-refractivity contribution in [2.75, 3.05) is 6.54 Å². The van der Waals surface area contributed by atoms with Crippen LogP contribution in [0.2, 0.25) is 0 Å². The van der Waals surface area contributed by atoms with Crippen LogP contribution in [0, 0.1) is 0 Å². The summed E-state index contributed by atoms with van der Waals surface area (Å²) in [4.78, 5) is 10.8. The Morgan fingerprint density at radius 2 is 1.20 bits per heavy atom. The summed E-state index contributed by atoms with van der Waals surface area (Å²) in [6, 6.07) is 0. The summed E-state index contributed by atoms with van der Waals surface area (Å²) in [5, 5.41) is 19.6. The highest BCUT2D eigenvalue weighted by molar-refractivity contribution is 5.78. The van der Waals surface area contributed by atoms with Crippen LogP contribution in [0.25, 0.3) is 0 Å². The molecule has 0 aromatic rings. The predicted octanol–water partition coefficient (Wildman–Crippen LogP) is 3.11. The highest BCUT2D eigenvalue weighted by Gasteiger charge is 2.08. The number of unbranched alkanes of at least 4 members (excludes halogenated alkanes) is 11. The first kappa shape index (κ1) is 19.4. The van der Waals surface area contributed by atoms with E-state index in [0.717, 1.165) is 12.8 Å². The summed E-state index contributed by atoms with van der Waals surface area (Å²) in [7, 11) is 0. The molecule has 4 nitrogen and oxygen atoms in total. The molecule has 20 heavy (non-hydrogen) atoms. The number of hydrogen-bond acceptors (Lipinski definition) is 3. The van der Waals surface area contributed by atoms with Gasteiger partial charge in [0.25, 0.3) is 5.91 Å². The lowest BCUT2D eigenvalue weighted by Crippen LogP contribution is -2.34. The highest BCUT2D eigenvalue weighted by Crippen LogP contribution is 2.11. The van der Waals surface area contributed by atoms with E-state index in [1.807, 2.05) is 0 Å². The van der Waals surface area contributed by atoms with Crippen LogP contribution in [0.5, 0.6) is 0 Å². The number of rotatable bonds is 14. The van der Waals surface area contributed by atoms with Crippen molar-refractivity contribution in [2.24, 2.45) is 0 Å². The van der Waals surface area contributed by atoms with Gasteiger partial charge in [-0.25, -0.2) is 0 Å². The van der Waals surface area contributed by atoms with E-state index in [2.05, 4.69) is 12.2 Å². The third-order valence-corrected chi connectivity index (χ3v) is 3.56. The SMILES string of the molecule is CCCCCCCCCCCCCCNC(=O)C(O)O. The van der Waals surface area contributed by atoms with Gasteiger partial charge >= 0.3 is 0 Å². The molecule has 0 aromatic heterocycles. The van der Waals surface area contributed by atoms with Gasteiger partial charge in [-0.15, -0.1) is 0 Å². The topological polar surface area (TPSA) is 69.6 Å². The van der Waals surface area contributed by atoms with E-state index in [-0.39, 0.29) is 0 Å². The summed E-state index contributed by atoms with van der Waals surface area (Å²) in [5.41, 5.74) is 0. The molecule has 4 heteroatoms. The van der Waals surface area contributed by atoms with Crippen molar-refractivity contribution in [1.29, 1.82) is 0 Å². The van der Waals surface area contributed by atoms with Crippen LogP contribution in [-0.2, 0) is 4.79 Å². The number of carbonyl (C=O) groups is 1. The van der Waals surface area contributed by atoms with Crippen molar-refractivity contribution in [3.05, 3.63) is 0 Å². The molecule has 120 valence electrons. The molecule has 0 unspecified atom stereocenters. The number of aliphatic hydroxyl groups excluding tert-OH is 1. The normalized spacial score (nSPS) is 11.0. The maximum absolute atomic E-state index is 10.8. The lowest BCUT2D eigenvalue weighted by atomic mass is 10.1. The first-order chi connectivity index (χ1) is 9.68. The Morgan fingerprint density at radius 3 is 1.60 bits per heavy atom. The molecule has 0 atom stereocenters. The van der Waals surface area contributed by atoms with Gasteiger partial charge in [0, 0.05) is 6.54 Å². The Hall–Kier alpha value is -0.610. The second-order valence-electron chi connectivity index (χ2n) is 5.55. The lowest BCUT2D eigenvalue weighted by Gasteiger charge is -2.06. The summed E-state index contributed by atoms with van der Waals surface area (Å²) >= 11 is 0. The molecule has 0 saturated heterocycles. The van der Waals surface area contributed by atoms with Crippen molar-refractivity contribution >= 4 is 5.91 Å². The minimum Gasteiger partial charge on any atom is -0.361 e. The fourth-order valence-corrected chi connectivity index (χ4v) is 2.27. The average Bonchev–Trinajstić information content (AvgIpc) is 2.43. The van der Waals surface area contributed by atoms with Gasteiger partial charge in [-0.1, -0.05) is 77.6 Å². The smallest absolute Gasteiger partial charge is 0.276 e. The standard InChI is InChI=1S/C16H33NO3/c1-2-3-4-5-6-7-8-9-10-11-12-13-14-17-15(18)16(19)20/h16,19-20H,2-14H2,1H3,(H,17,18). The first-order valence-electron chi connectivity index (χ1n) is 8.32. The zero-order valence-corrected chi connectivity index (χ0v) is 13.1. The van der Waals surface area contributed by atoms with Gasteiger partial charge in [-0.2, -0.15) is 0 Å². The van der Waals surface area contributed by atoms with Crippen molar-refractivity contribution in [1.82, 2.24) is 5.32 Å². The van der Waals surface area contributed by atoms with Gasteiger partial charge in [0.15, 0.2) is 0 Å². The van der Waals surface area contributed by atoms with E-state index in [1.54, 1.807) is 0 Å². The molecule has 0 spiro atoms. The van der Waals surface area contributed by atoms with Gasteiger partial charge < -0.3 is 15.5 Å². The first-order valence-corrected chi connectivity index (χ1v) is 8.32. The molecular weight excluding hydrogens is 254 g/mol. The van der Waals surface area contributed by atoms with Crippen molar-refractivity contribution in [3.63, 3.8) is 0 Å². The zero-order chi connectivity index (χ0) is 15.1. The summed E-state index contributed by atoms with van der Waals surface area (Å²) in [6.45, 7) is 2.78. The van der Waals surface area contributed by atoms with E-state index in [0.29, 0.717) is 6.54 Å². The minimum absolute atomic E-state index is 0.536. The molecule has 0 aliphatic carbocycles. The minimum atomic E-state index is -1.88. The number of nitrogens with one attached hydrogen (secondary N) is 1. The fourth-order valence-electron chi connectivity index (χ4n) is 2.27. The van der Waals surface area contributed by atoms with Gasteiger partial charge in [0.2, 0.25) is 6.29 Å². The molecule has 1 amide bonds. The molecule has 0 aromatic carbocycles. The third-order valence-electron chi connectivity index (χ3n) is 3.56. The fraction of sp³-hybridized carbons (Fsp3) is 0.938. The predicted molar refractivity (Wildman–Crippen MR) is 82.3 cm³/mol. The van der Waals surface area contributed by atoms with Crippen molar-refractivity contribution < 1.29 is 15.0 Å². The van der Waals surface area contributed by atoms with Crippen LogP contribution in [-0.4, -0.2) is 29.0 Å². The second kappa shape index (κ2) is 14.8. The maximum atomic E-state index is 10.8. The Bertz CT molecular complexity index is 220. The lowest BCUT2D eigenvalue weighted by molar-refractivity contribution is -0.147. The summed E-state index contributed by atoms with van der Waals surface area (Å²) < 4.78 is 0. The molecule has 0 fully saturated rings. The Balaban J connectivity index is 3.04. The molecule has 0 heterocycles. The van der Waals surface area contributed by atoms with Gasteiger partial charge in [0.05, 0.1) is 0 Å². The van der Waals surface area contributed by atoms with Crippen LogP contribution in [0.3, 0.4) is 0 Å². The van der Waals surface area contributed by atoms with Crippen LogP contribution in [0.4, 0.5) is 0 Å². The largest absolute Gasteiger partial charge is 0.361 e.